The van der Waals surface area contributed by atoms with Crippen LogP contribution in [0, 0.1) is 11.3 Å². The molecule has 2 N–H and O–H groups in total. The van der Waals surface area contributed by atoms with Crippen molar-refractivity contribution in [3.8, 4) is 17.6 Å². The van der Waals surface area contributed by atoms with Gasteiger partial charge in [-0.25, -0.2) is 0 Å². The summed E-state index contributed by atoms with van der Waals surface area (Å²) in [4.78, 5) is 0. The smallest absolute Gasteiger partial charge is 0.135 e. The van der Waals surface area contributed by atoms with Crippen LogP contribution < -0.4 is 10.5 Å². The summed E-state index contributed by atoms with van der Waals surface area (Å²) >= 11 is 0. The third kappa shape index (κ3) is 2.58. The van der Waals surface area contributed by atoms with E-state index in [9.17, 15) is 5.26 Å². The molecule has 3 aromatic rings. The number of fused-ring (bicyclic) bond motifs is 1. The molecule has 102 valence electrons. The Morgan fingerprint density at radius 3 is 2.52 bits per heavy atom. The van der Waals surface area contributed by atoms with E-state index in [0.717, 1.165) is 27.8 Å². The Labute approximate surface area is 123 Å². The van der Waals surface area contributed by atoms with Gasteiger partial charge < -0.3 is 10.5 Å². The number of hydrogen-bond donors (Lipinski definition) is 1. The monoisotopic (exact) mass is 274 g/mol. The lowest BCUT2D eigenvalue weighted by molar-refractivity contribution is 0.487. The molecule has 0 bridgehead atoms. The molecule has 3 nitrogen and oxygen atoms in total. The lowest BCUT2D eigenvalue weighted by atomic mass is 10.0. The molecule has 0 unspecified atom stereocenters. The van der Waals surface area contributed by atoms with Crippen LogP contribution in [0.3, 0.4) is 0 Å². The summed E-state index contributed by atoms with van der Waals surface area (Å²) in [6, 6.07) is 21.3. The molecule has 0 aliphatic carbocycles. The van der Waals surface area contributed by atoms with E-state index in [-0.39, 0.29) is 0 Å². The minimum Gasteiger partial charge on any atom is -0.457 e. The van der Waals surface area contributed by atoms with Crippen molar-refractivity contribution in [2.24, 2.45) is 5.73 Å². The van der Waals surface area contributed by atoms with Gasteiger partial charge in [-0.15, -0.1) is 0 Å². The van der Waals surface area contributed by atoms with Crippen LogP contribution in [0.15, 0.2) is 60.7 Å². The van der Waals surface area contributed by atoms with Gasteiger partial charge in [0.2, 0.25) is 0 Å². The molecule has 3 heteroatoms. The topological polar surface area (TPSA) is 59.0 Å². The van der Waals surface area contributed by atoms with Crippen molar-refractivity contribution < 1.29 is 4.74 Å². The third-order valence-corrected chi connectivity index (χ3v) is 3.37. The van der Waals surface area contributed by atoms with Gasteiger partial charge in [0, 0.05) is 17.3 Å². The maximum absolute atomic E-state index is 9.18. The number of nitrogens with two attached hydrogens (primary N) is 1. The van der Waals surface area contributed by atoms with Gasteiger partial charge in [-0.2, -0.15) is 5.26 Å². The zero-order valence-electron chi connectivity index (χ0n) is 11.4. The lowest BCUT2D eigenvalue weighted by Crippen LogP contribution is -1.96. The predicted octanol–water partition coefficient (Wildman–Crippen LogP) is 3.96. The summed E-state index contributed by atoms with van der Waals surface area (Å²) in [6.07, 6.45) is 0. The van der Waals surface area contributed by atoms with E-state index in [1.807, 2.05) is 54.6 Å². The quantitative estimate of drug-likeness (QED) is 0.786. The Kier molecular flexibility index (Phi) is 3.55. The number of ether oxygens (including phenoxy) is 1. The standard InChI is InChI=1S/C18H14N2O/c19-11-13-4-3-5-15(10-13)21-18-9-8-14(12-20)16-6-1-2-7-17(16)18/h1-10H,11,19H2. The molecule has 0 aliphatic heterocycles. The van der Waals surface area contributed by atoms with E-state index in [1.54, 1.807) is 6.07 Å². The molecular weight excluding hydrogens is 260 g/mol. The highest BCUT2D eigenvalue weighted by Crippen LogP contribution is 2.32. The van der Waals surface area contributed by atoms with Crippen molar-refractivity contribution in [2.45, 2.75) is 6.54 Å². The summed E-state index contributed by atoms with van der Waals surface area (Å²) in [5.41, 5.74) is 7.31. The molecule has 3 aromatic carbocycles. The molecule has 3 rings (SSSR count). The second kappa shape index (κ2) is 5.66. The first-order valence-electron chi connectivity index (χ1n) is 6.70. The Morgan fingerprint density at radius 2 is 1.76 bits per heavy atom. The van der Waals surface area contributed by atoms with Gasteiger partial charge in [0.05, 0.1) is 11.6 Å². The van der Waals surface area contributed by atoms with Crippen molar-refractivity contribution in [3.63, 3.8) is 0 Å². The van der Waals surface area contributed by atoms with Crippen LogP contribution in [-0.2, 0) is 6.54 Å². The second-order valence-corrected chi connectivity index (χ2v) is 4.72. The van der Waals surface area contributed by atoms with E-state index in [2.05, 4.69) is 6.07 Å². The Hall–Kier alpha value is -2.83. The minimum absolute atomic E-state index is 0.477. The first-order valence-corrected chi connectivity index (χ1v) is 6.70. The fourth-order valence-corrected chi connectivity index (χ4v) is 2.32. The maximum atomic E-state index is 9.18. The molecule has 21 heavy (non-hydrogen) atoms. The van der Waals surface area contributed by atoms with E-state index < -0.39 is 0 Å². The van der Waals surface area contributed by atoms with Crippen molar-refractivity contribution in [2.75, 3.05) is 0 Å². The van der Waals surface area contributed by atoms with Crippen LogP contribution in [0.4, 0.5) is 0 Å². The van der Waals surface area contributed by atoms with E-state index in [0.29, 0.717) is 12.1 Å². The van der Waals surface area contributed by atoms with Gasteiger partial charge in [0.15, 0.2) is 0 Å². The summed E-state index contributed by atoms with van der Waals surface area (Å²) in [5, 5.41) is 11.0. The first kappa shape index (κ1) is 13.2. The first-order chi connectivity index (χ1) is 10.3. The second-order valence-electron chi connectivity index (χ2n) is 4.72. The average Bonchev–Trinajstić information content (AvgIpc) is 2.55. The molecule has 0 aliphatic rings. The van der Waals surface area contributed by atoms with Gasteiger partial charge in [0.25, 0.3) is 0 Å². The summed E-state index contributed by atoms with van der Waals surface area (Å²) in [5.74, 6) is 1.48. The number of nitrogens with zero attached hydrogens (tertiary/aromatic N) is 1. The van der Waals surface area contributed by atoms with Gasteiger partial charge in [-0.3, -0.25) is 0 Å². The molecule has 0 radical (unpaired) electrons. The van der Waals surface area contributed by atoms with Gasteiger partial charge in [0.1, 0.15) is 11.5 Å². The minimum atomic E-state index is 0.477. The molecule has 0 saturated heterocycles. The van der Waals surface area contributed by atoms with Crippen LogP contribution in [0.25, 0.3) is 10.8 Å². The highest BCUT2D eigenvalue weighted by Gasteiger charge is 2.07. The number of benzene rings is 3. The predicted molar refractivity (Wildman–Crippen MR) is 83.1 cm³/mol. The van der Waals surface area contributed by atoms with Crippen LogP contribution in [0.1, 0.15) is 11.1 Å². The normalized spacial score (nSPS) is 10.3. The molecule has 0 spiro atoms. The van der Waals surface area contributed by atoms with Crippen molar-refractivity contribution in [1.29, 1.82) is 5.26 Å². The van der Waals surface area contributed by atoms with Crippen LogP contribution in [0.5, 0.6) is 11.5 Å². The lowest BCUT2D eigenvalue weighted by Gasteiger charge is -2.10. The van der Waals surface area contributed by atoms with Gasteiger partial charge >= 0.3 is 0 Å². The van der Waals surface area contributed by atoms with E-state index >= 15 is 0 Å². The summed E-state index contributed by atoms with van der Waals surface area (Å²) < 4.78 is 5.97. The Balaban J connectivity index is 2.07. The van der Waals surface area contributed by atoms with Gasteiger partial charge in [-0.1, -0.05) is 36.4 Å². The van der Waals surface area contributed by atoms with E-state index in [1.165, 1.54) is 0 Å². The molecular formula is C18H14N2O. The largest absolute Gasteiger partial charge is 0.457 e. The maximum Gasteiger partial charge on any atom is 0.135 e. The molecule has 0 aromatic heterocycles. The highest BCUT2D eigenvalue weighted by molar-refractivity contribution is 5.92. The average molecular weight is 274 g/mol. The zero-order valence-corrected chi connectivity index (χ0v) is 11.4. The number of rotatable bonds is 3. The molecule has 0 fully saturated rings. The Bertz CT molecular complexity index is 834. The highest BCUT2D eigenvalue weighted by atomic mass is 16.5. The molecule has 0 amide bonds. The SMILES string of the molecule is N#Cc1ccc(Oc2cccc(CN)c2)c2ccccc12. The molecule has 0 heterocycles. The number of nitriles is 1. The molecule has 0 saturated carbocycles. The summed E-state index contributed by atoms with van der Waals surface area (Å²) in [6.45, 7) is 0.477. The Morgan fingerprint density at radius 1 is 0.952 bits per heavy atom. The van der Waals surface area contributed by atoms with E-state index in [4.69, 9.17) is 10.5 Å². The number of hydrogen-bond acceptors (Lipinski definition) is 3. The third-order valence-electron chi connectivity index (χ3n) is 3.37. The fraction of sp³-hybridized carbons (Fsp3) is 0.0556. The van der Waals surface area contributed by atoms with Crippen molar-refractivity contribution in [3.05, 3.63) is 71.8 Å². The summed E-state index contributed by atoms with van der Waals surface area (Å²) in [7, 11) is 0. The van der Waals surface area contributed by atoms with Gasteiger partial charge in [-0.05, 0) is 29.8 Å². The molecule has 0 atom stereocenters. The van der Waals surface area contributed by atoms with Crippen LogP contribution in [-0.4, -0.2) is 0 Å². The van der Waals surface area contributed by atoms with Crippen LogP contribution >= 0.6 is 0 Å². The van der Waals surface area contributed by atoms with Crippen LogP contribution in [0.2, 0.25) is 0 Å². The fourth-order valence-electron chi connectivity index (χ4n) is 2.32. The van der Waals surface area contributed by atoms with Crippen molar-refractivity contribution in [1.82, 2.24) is 0 Å². The van der Waals surface area contributed by atoms with Crippen molar-refractivity contribution >= 4 is 10.8 Å². The zero-order chi connectivity index (χ0) is 14.7.